The second-order valence-corrected chi connectivity index (χ2v) is 6.18. The highest BCUT2D eigenvalue weighted by molar-refractivity contribution is 7.09. The molecule has 1 aromatic heterocycles. The van der Waals surface area contributed by atoms with Crippen molar-refractivity contribution >= 4 is 17.1 Å². The van der Waals surface area contributed by atoms with E-state index in [-0.39, 0.29) is 5.92 Å². The Balaban J connectivity index is 1.69. The van der Waals surface area contributed by atoms with Gasteiger partial charge in [-0.2, -0.15) is 0 Å². The Morgan fingerprint density at radius 2 is 2.16 bits per heavy atom. The quantitative estimate of drug-likeness (QED) is 0.856. The summed E-state index contributed by atoms with van der Waals surface area (Å²) in [5.74, 6) is 0.531. The van der Waals surface area contributed by atoms with E-state index in [2.05, 4.69) is 29.2 Å². The summed E-state index contributed by atoms with van der Waals surface area (Å²) in [7, 11) is 0. The van der Waals surface area contributed by atoms with Gasteiger partial charge in [0.25, 0.3) is 0 Å². The Labute approximate surface area is 117 Å². The second-order valence-electron chi connectivity index (χ2n) is 5.23. The molecule has 0 amide bonds. The Hall–Kier alpha value is -1.48. The molecule has 1 unspecified atom stereocenters. The number of carbonyl (C=O) groups excluding carboxylic acids is 1. The standard InChI is InChI=1S/C16H17NOS/c1-11-10-19-16(17-11)9-15(18)14-7-6-12-4-2-3-5-13(12)8-14/h2-5,10,14H,6-9H2,1H3. The highest BCUT2D eigenvalue weighted by atomic mass is 32.1. The average Bonchev–Trinajstić information content (AvgIpc) is 2.83. The summed E-state index contributed by atoms with van der Waals surface area (Å²) in [6, 6.07) is 8.48. The van der Waals surface area contributed by atoms with Gasteiger partial charge in [-0.25, -0.2) is 4.98 Å². The van der Waals surface area contributed by atoms with Crippen molar-refractivity contribution in [3.8, 4) is 0 Å². The van der Waals surface area contributed by atoms with Gasteiger partial charge in [-0.15, -0.1) is 11.3 Å². The van der Waals surface area contributed by atoms with Gasteiger partial charge in [0, 0.05) is 17.0 Å². The minimum atomic E-state index is 0.180. The number of rotatable bonds is 3. The van der Waals surface area contributed by atoms with Gasteiger partial charge in [0.05, 0.1) is 6.42 Å². The van der Waals surface area contributed by atoms with Crippen LogP contribution in [0.5, 0.6) is 0 Å². The molecule has 0 radical (unpaired) electrons. The smallest absolute Gasteiger partial charge is 0.143 e. The van der Waals surface area contributed by atoms with Crippen LogP contribution in [-0.2, 0) is 24.1 Å². The number of hydrogen-bond donors (Lipinski definition) is 0. The first kappa shape index (κ1) is 12.5. The first-order valence-corrected chi connectivity index (χ1v) is 7.61. The van der Waals surface area contributed by atoms with Crippen LogP contribution in [0.2, 0.25) is 0 Å². The molecule has 0 aliphatic heterocycles. The molecule has 19 heavy (non-hydrogen) atoms. The maximum atomic E-state index is 12.4. The third kappa shape index (κ3) is 2.76. The topological polar surface area (TPSA) is 30.0 Å². The summed E-state index contributed by atoms with van der Waals surface area (Å²) in [5.41, 5.74) is 3.78. The predicted molar refractivity (Wildman–Crippen MR) is 77.5 cm³/mol. The number of ketones is 1. The maximum Gasteiger partial charge on any atom is 0.143 e. The molecule has 0 saturated carbocycles. The Morgan fingerprint density at radius 1 is 1.37 bits per heavy atom. The lowest BCUT2D eigenvalue weighted by Gasteiger charge is -2.23. The Kier molecular flexibility index (Phi) is 3.47. The third-order valence-corrected chi connectivity index (χ3v) is 4.76. The minimum Gasteiger partial charge on any atom is -0.299 e. The number of aryl methyl sites for hydroxylation is 2. The molecule has 0 fully saturated rings. The van der Waals surface area contributed by atoms with Crippen LogP contribution in [0.3, 0.4) is 0 Å². The van der Waals surface area contributed by atoms with Crippen molar-refractivity contribution in [2.24, 2.45) is 5.92 Å². The molecule has 2 aromatic rings. The molecule has 0 bridgehead atoms. The Bertz CT molecular complexity index is 602. The van der Waals surface area contributed by atoms with Crippen LogP contribution in [-0.4, -0.2) is 10.8 Å². The van der Waals surface area contributed by atoms with Crippen molar-refractivity contribution in [3.63, 3.8) is 0 Å². The molecule has 2 nitrogen and oxygen atoms in total. The first-order chi connectivity index (χ1) is 9.22. The molecule has 1 aliphatic rings. The van der Waals surface area contributed by atoms with Gasteiger partial charge in [0.15, 0.2) is 0 Å². The van der Waals surface area contributed by atoms with E-state index in [0.717, 1.165) is 30.0 Å². The van der Waals surface area contributed by atoms with Crippen molar-refractivity contribution in [1.82, 2.24) is 4.98 Å². The van der Waals surface area contributed by atoms with Crippen LogP contribution >= 0.6 is 11.3 Å². The molecule has 98 valence electrons. The zero-order valence-corrected chi connectivity index (χ0v) is 11.9. The average molecular weight is 271 g/mol. The van der Waals surface area contributed by atoms with E-state index >= 15 is 0 Å². The summed E-state index contributed by atoms with van der Waals surface area (Å²) in [6.45, 7) is 1.97. The van der Waals surface area contributed by atoms with Gasteiger partial charge in [-0.3, -0.25) is 4.79 Å². The van der Waals surface area contributed by atoms with Crippen LogP contribution in [0.25, 0.3) is 0 Å². The van der Waals surface area contributed by atoms with E-state index in [4.69, 9.17) is 0 Å². The highest BCUT2D eigenvalue weighted by Gasteiger charge is 2.24. The summed E-state index contributed by atoms with van der Waals surface area (Å²) in [5, 5.41) is 2.97. The fourth-order valence-corrected chi connectivity index (χ4v) is 3.53. The van der Waals surface area contributed by atoms with Gasteiger partial charge in [0.2, 0.25) is 0 Å². The largest absolute Gasteiger partial charge is 0.299 e. The fraction of sp³-hybridized carbons (Fsp3) is 0.375. The molecular formula is C16H17NOS. The second kappa shape index (κ2) is 5.25. The predicted octanol–water partition coefficient (Wildman–Crippen LogP) is 3.37. The minimum absolute atomic E-state index is 0.180. The molecule has 0 saturated heterocycles. The van der Waals surface area contributed by atoms with E-state index in [9.17, 15) is 4.79 Å². The lowest BCUT2D eigenvalue weighted by Crippen LogP contribution is -2.24. The monoisotopic (exact) mass is 271 g/mol. The van der Waals surface area contributed by atoms with Crippen molar-refractivity contribution in [2.75, 3.05) is 0 Å². The van der Waals surface area contributed by atoms with E-state index < -0.39 is 0 Å². The SMILES string of the molecule is Cc1csc(CC(=O)C2CCc3ccccc3C2)n1. The number of Topliss-reactive ketones (excluding diaryl/α,β-unsaturated/α-hetero) is 1. The molecular weight excluding hydrogens is 254 g/mol. The zero-order chi connectivity index (χ0) is 13.2. The van der Waals surface area contributed by atoms with Crippen LogP contribution in [0.4, 0.5) is 0 Å². The van der Waals surface area contributed by atoms with Gasteiger partial charge < -0.3 is 0 Å². The number of fused-ring (bicyclic) bond motifs is 1. The van der Waals surface area contributed by atoms with Gasteiger partial charge in [-0.05, 0) is 37.3 Å². The van der Waals surface area contributed by atoms with Crippen molar-refractivity contribution < 1.29 is 4.79 Å². The zero-order valence-electron chi connectivity index (χ0n) is 11.1. The molecule has 3 heteroatoms. The lowest BCUT2D eigenvalue weighted by molar-refractivity contribution is -0.122. The van der Waals surface area contributed by atoms with Crippen LogP contribution < -0.4 is 0 Å². The summed E-state index contributed by atoms with van der Waals surface area (Å²) in [4.78, 5) is 16.7. The lowest BCUT2D eigenvalue weighted by atomic mass is 9.81. The molecule has 3 rings (SSSR count). The summed E-state index contributed by atoms with van der Waals surface area (Å²) >= 11 is 1.60. The third-order valence-electron chi connectivity index (χ3n) is 3.79. The summed E-state index contributed by atoms with van der Waals surface area (Å²) < 4.78 is 0. The fourth-order valence-electron chi connectivity index (χ4n) is 2.75. The highest BCUT2D eigenvalue weighted by Crippen LogP contribution is 2.27. The normalized spacial score (nSPS) is 18.1. The number of aromatic nitrogens is 1. The number of nitrogens with zero attached hydrogens (tertiary/aromatic N) is 1. The Morgan fingerprint density at radius 3 is 2.89 bits per heavy atom. The van der Waals surface area contributed by atoms with Gasteiger partial charge in [-0.1, -0.05) is 24.3 Å². The maximum absolute atomic E-state index is 12.4. The number of hydrogen-bond acceptors (Lipinski definition) is 3. The van der Waals surface area contributed by atoms with Gasteiger partial charge >= 0.3 is 0 Å². The molecule has 1 atom stereocenters. The van der Waals surface area contributed by atoms with Crippen LogP contribution in [0.1, 0.15) is 28.2 Å². The molecule has 1 aliphatic carbocycles. The van der Waals surface area contributed by atoms with Crippen molar-refractivity contribution in [3.05, 3.63) is 51.5 Å². The summed E-state index contributed by atoms with van der Waals surface area (Å²) in [6.07, 6.45) is 3.42. The number of benzene rings is 1. The van der Waals surface area contributed by atoms with Crippen LogP contribution in [0, 0.1) is 12.8 Å². The number of carbonyl (C=O) groups is 1. The van der Waals surface area contributed by atoms with Crippen molar-refractivity contribution in [2.45, 2.75) is 32.6 Å². The van der Waals surface area contributed by atoms with E-state index in [0.29, 0.717) is 12.2 Å². The molecule has 1 aromatic carbocycles. The number of thiazole rings is 1. The van der Waals surface area contributed by atoms with Gasteiger partial charge in [0.1, 0.15) is 10.8 Å². The molecule has 0 N–H and O–H groups in total. The first-order valence-electron chi connectivity index (χ1n) is 6.73. The van der Waals surface area contributed by atoms with Crippen molar-refractivity contribution in [1.29, 1.82) is 0 Å². The van der Waals surface area contributed by atoms with E-state index in [1.54, 1.807) is 11.3 Å². The molecule has 0 spiro atoms. The van der Waals surface area contributed by atoms with E-state index in [1.165, 1.54) is 11.1 Å². The van der Waals surface area contributed by atoms with E-state index in [1.807, 2.05) is 12.3 Å². The molecule has 1 heterocycles. The van der Waals surface area contributed by atoms with Crippen LogP contribution in [0.15, 0.2) is 29.6 Å².